The molecule has 116 valence electrons. The van der Waals surface area contributed by atoms with Crippen LogP contribution in [0.15, 0.2) is 36.7 Å². The van der Waals surface area contributed by atoms with Crippen LogP contribution < -0.4 is 10.6 Å². The number of aromatic nitrogens is 2. The molecule has 0 saturated carbocycles. The van der Waals surface area contributed by atoms with E-state index in [0.29, 0.717) is 0 Å². The van der Waals surface area contributed by atoms with Crippen molar-refractivity contribution in [1.29, 1.82) is 0 Å². The van der Waals surface area contributed by atoms with Crippen molar-refractivity contribution in [2.75, 3.05) is 6.54 Å². The lowest BCUT2D eigenvalue weighted by Crippen LogP contribution is -2.41. The molecular weight excluding hydrogens is 276 g/mol. The SMILES string of the molecule is C[C@H](NC(=O)[C@@H]1CCCN1)c1ccc(-c2nccn2C)cc1. The summed E-state index contributed by atoms with van der Waals surface area (Å²) >= 11 is 0. The number of aryl methyl sites for hydroxylation is 1. The molecule has 1 aliphatic rings. The molecule has 5 nitrogen and oxygen atoms in total. The van der Waals surface area contributed by atoms with Gasteiger partial charge in [0.1, 0.15) is 5.82 Å². The lowest BCUT2D eigenvalue weighted by Gasteiger charge is -2.18. The molecule has 1 aromatic carbocycles. The second-order valence-electron chi connectivity index (χ2n) is 5.86. The molecule has 0 radical (unpaired) electrons. The van der Waals surface area contributed by atoms with Gasteiger partial charge in [0, 0.05) is 25.0 Å². The van der Waals surface area contributed by atoms with Gasteiger partial charge in [-0.05, 0) is 31.9 Å². The van der Waals surface area contributed by atoms with Crippen LogP contribution in [-0.4, -0.2) is 28.0 Å². The van der Waals surface area contributed by atoms with Gasteiger partial charge < -0.3 is 15.2 Å². The van der Waals surface area contributed by atoms with Crippen LogP contribution in [0, 0.1) is 0 Å². The third-order valence-electron chi connectivity index (χ3n) is 4.23. The molecule has 2 heterocycles. The Labute approximate surface area is 130 Å². The van der Waals surface area contributed by atoms with E-state index in [9.17, 15) is 4.79 Å². The predicted octanol–water partition coefficient (Wildman–Crippen LogP) is 2.02. The topological polar surface area (TPSA) is 59.0 Å². The van der Waals surface area contributed by atoms with Crippen LogP contribution in [0.25, 0.3) is 11.4 Å². The number of amides is 1. The average Bonchev–Trinajstić information content (AvgIpc) is 3.18. The number of rotatable bonds is 4. The first kappa shape index (κ1) is 14.8. The molecule has 3 rings (SSSR count). The fraction of sp³-hybridized carbons (Fsp3) is 0.412. The molecule has 2 atom stereocenters. The number of carbonyl (C=O) groups excluding carboxylic acids is 1. The minimum absolute atomic E-state index is 0.00493. The number of nitrogens with zero attached hydrogens (tertiary/aromatic N) is 2. The first-order valence-corrected chi connectivity index (χ1v) is 7.76. The predicted molar refractivity (Wildman–Crippen MR) is 86.2 cm³/mol. The molecule has 1 amide bonds. The van der Waals surface area contributed by atoms with Crippen LogP contribution >= 0.6 is 0 Å². The van der Waals surface area contributed by atoms with Gasteiger partial charge in [0.15, 0.2) is 0 Å². The Kier molecular flexibility index (Phi) is 4.24. The highest BCUT2D eigenvalue weighted by atomic mass is 16.2. The van der Waals surface area contributed by atoms with Crippen molar-refractivity contribution in [3.63, 3.8) is 0 Å². The van der Waals surface area contributed by atoms with E-state index in [-0.39, 0.29) is 18.0 Å². The lowest BCUT2D eigenvalue weighted by molar-refractivity contribution is -0.123. The first-order valence-electron chi connectivity index (χ1n) is 7.76. The summed E-state index contributed by atoms with van der Waals surface area (Å²) in [7, 11) is 1.98. The highest BCUT2D eigenvalue weighted by Crippen LogP contribution is 2.20. The third-order valence-corrected chi connectivity index (χ3v) is 4.23. The van der Waals surface area contributed by atoms with Crippen LogP contribution in [0.5, 0.6) is 0 Å². The van der Waals surface area contributed by atoms with Crippen molar-refractivity contribution in [1.82, 2.24) is 20.2 Å². The zero-order valence-corrected chi connectivity index (χ0v) is 13.0. The van der Waals surface area contributed by atoms with Gasteiger partial charge in [-0.3, -0.25) is 4.79 Å². The summed E-state index contributed by atoms with van der Waals surface area (Å²) in [5.41, 5.74) is 2.18. The normalized spacial score (nSPS) is 19.1. The summed E-state index contributed by atoms with van der Waals surface area (Å²) in [5.74, 6) is 1.04. The molecule has 1 aromatic heterocycles. The van der Waals surface area contributed by atoms with E-state index in [1.54, 1.807) is 6.20 Å². The Balaban J connectivity index is 1.67. The van der Waals surface area contributed by atoms with E-state index in [1.807, 2.05) is 36.9 Å². The van der Waals surface area contributed by atoms with Gasteiger partial charge in [-0.1, -0.05) is 24.3 Å². The van der Waals surface area contributed by atoms with E-state index in [2.05, 4.69) is 27.8 Å². The molecule has 1 saturated heterocycles. The molecule has 0 unspecified atom stereocenters. The summed E-state index contributed by atoms with van der Waals surface area (Å²) in [6.07, 6.45) is 5.73. The smallest absolute Gasteiger partial charge is 0.237 e. The van der Waals surface area contributed by atoms with Gasteiger partial charge in [0.25, 0.3) is 0 Å². The second kappa shape index (κ2) is 6.32. The second-order valence-corrected chi connectivity index (χ2v) is 5.86. The van der Waals surface area contributed by atoms with Gasteiger partial charge in [0.2, 0.25) is 5.91 Å². The van der Waals surface area contributed by atoms with E-state index in [1.165, 1.54) is 0 Å². The van der Waals surface area contributed by atoms with Crippen LogP contribution in [0.3, 0.4) is 0 Å². The van der Waals surface area contributed by atoms with Crippen molar-refractivity contribution < 1.29 is 4.79 Å². The summed E-state index contributed by atoms with van der Waals surface area (Å²) < 4.78 is 1.99. The minimum Gasteiger partial charge on any atom is -0.348 e. The fourth-order valence-corrected chi connectivity index (χ4v) is 2.87. The number of hydrogen-bond acceptors (Lipinski definition) is 3. The zero-order valence-electron chi connectivity index (χ0n) is 13.0. The quantitative estimate of drug-likeness (QED) is 0.908. The number of benzene rings is 1. The zero-order chi connectivity index (χ0) is 15.5. The van der Waals surface area contributed by atoms with Crippen molar-refractivity contribution in [3.05, 3.63) is 42.2 Å². The van der Waals surface area contributed by atoms with E-state index >= 15 is 0 Å². The van der Waals surface area contributed by atoms with Crippen LogP contribution in [0.2, 0.25) is 0 Å². The Morgan fingerprint density at radius 2 is 2.18 bits per heavy atom. The largest absolute Gasteiger partial charge is 0.348 e. The average molecular weight is 298 g/mol. The highest BCUT2D eigenvalue weighted by molar-refractivity contribution is 5.82. The van der Waals surface area contributed by atoms with Gasteiger partial charge in [-0.25, -0.2) is 4.98 Å². The lowest BCUT2D eigenvalue weighted by atomic mass is 10.0. The Morgan fingerprint density at radius 3 is 2.77 bits per heavy atom. The summed E-state index contributed by atoms with van der Waals surface area (Å²) in [6.45, 7) is 2.95. The van der Waals surface area contributed by atoms with Crippen LogP contribution in [0.4, 0.5) is 0 Å². The first-order chi connectivity index (χ1) is 10.6. The van der Waals surface area contributed by atoms with Crippen LogP contribution in [0.1, 0.15) is 31.4 Å². The fourth-order valence-electron chi connectivity index (χ4n) is 2.87. The Bertz CT molecular complexity index is 641. The maximum Gasteiger partial charge on any atom is 0.237 e. The molecule has 2 aromatic rings. The summed E-state index contributed by atoms with van der Waals surface area (Å²) in [5, 5.41) is 6.31. The minimum atomic E-state index is -0.0331. The summed E-state index contributed by atoms with van der Waals surface area (Å²) in [6, 6.07) is 8.18. The Hall–Kier alpha value is -2.14. The molecule has 5 heteroatoms. The maximum atomic E-state index is 12.1. The Morgan fingerprint density at radius 1 is 1.41 bits per heavy atom. The summed E-state index contributed by atoms with van der Waals surface area (Å²) in [4.78, 5) is 16.5. The van der Waals surface area contributed by atoms with Gasteiger partial charge in [0.05, 0.1) is 12.1 Å². The molecule has 22 heavy (non-hydrogen) atoms. The molecule has 0 aliphatic carbocycles. The molecule has 0 spiro atoms. The molecule has 0 bridgehead atoms. The number of nitrogens with one attached hydrogen (secondary N) is 2. The van der Waals surface area contributed by atoms with Crippen molar-refractivity contribution in [2.45, 2.75) is 31.8 Å². The molecule has 1 fully saturated rings. The van der Waals surface area contributed by atoms with Gasteiger partial charge >= 0.3 is 0 Å². The number of carbonyl (C=O) groups is 1. The molecule has 2 N–H and O–H groups in total. The molecular formula is C17H22N4O. The number of hydrogen-bond donors (Lipinski definition) is 2. The number of imidazole rings is 1. The highest BCUT2D eigenvalue weighted by Gasteiger charge is 2.23. The van der Waals surface area contributed by atoms with E-state index < -0.39 is 0 Å². The van der Waals surface area contributed by atoms with Gasteiger partial charge in [-0.15, -0.1) is 0 Å². The standard InChI is InChI=1S/C17H22N4O/c1-12(20-17(22)15-4-3-9-18-15)13-5-7-14(8-6-13)16-19-10-11-21(16)2/h5-8,10-12,15,18H,3-4,9H2,1-2H3,(H,20,22)/t12-,15-/m0/s1. The van der Waals surface area contributed by atoms with Crippen molar-refractivity contribution >= 4 is 5.91 Å². The third kappa shape index (κ3) is 3.04. The van der Waals surface area contributed by atoms with Gasteiger partial charge in [-0.2, -0.15) is 0 Å². The van der Waals surface area contributed by atoms with Crippen LogP contribution in [-0.2, 0) is 11.8 Å². The van der Waals surface area contributed by atoms with E-state index in [0.717, 1.165) is 36.3 Å². The molecule has 1 aliphatic heterocycles. The van der Waals surface area contributed by atoms with E-state index in [4.69, 9.17) is 0 Å². The monoisotopic (exact) mass is 298 g/mol. The van der Waals surface area contributed by atoms with Crippen molar-refractivity contribution in [2.24, 2.45) is 7.05 Å². The maximum absolute atomic E-state index is 12.1. The van der Waals surface area contributed by atoms with Crippen molar-refractivity contribution in [3.8, 4) is 11.4 Å².